The molecule has 0 bridgehead atoms. The zero-order valence-electron chi connectivity index (χ0n) is 9.13. The first kappa shape index (κ1) is 10.2. The number of hydrogen-bond donors (Lipinski definition) is 2. The second-order valence-corrected chi connectivity index (χ2v) is 4.33. The maximum Gasteiger partial charge on any atom is 0.221 e. The number of hydrogen-bond acceptors (Lipinski definition) is 2. The van der Waals surface area contributed by atoms with Crippen molar-refractivity contribution in [3.05, 3.63) is 29.3 Å². The number of benzene rings is 1. The van der Waals surface area contributed by atoms with Gasteiger partial charge in [-0.2, -0.15) is 0 Å². The molecule has 0 unspecified atom stereocenters. The molecule has 1 aliphatic rings. The lowest BCUT2D eigenvalue weighted by molar-refractivity contribution is -0.114. The van der Waals surface area contributed by atoms with Crippen molar-refractivity contribution in [3.8, 4) is 0 Å². The first-order valence-corrected chi connectivity index (χ1v) is 5.19. The molecule has 0 saturated heterocycles. The van der Waals surface area contributed by atoms with Crippen LogP contribution in [0, 0.1) is 6.92 Å². The highest BCUT2D eigenvalue weighted by Gasteiger charge is 2.41. The molecule has 1 saturated carbocycles. The van der Waals surface area contributed by atoms with Gasteiger partial charge in [-0.25, -0.2) is 0 Å². The average molecular weight is 204 g/mol. The van der Waals surface area contributed by atoms with E-state index in [0.717, 1.165) is 29.7 Å². The maximum atomic E-state index is 11.1. The summed E-state index contributed by atoms with van der Waals surface area (Å²) in [5, 5.41) is 2.87. The number of nitrogens with one attached hydrogen (secondary N) is 1. The number of para-hydroxylation sites is 1. The Morgan fingerprint density at radius 3 is 2.67 bits per heavy atom. The fourth-order valence-corrected chi connectivity index (χ4v) is 1.83. The SMILES string of the molecule is CC(=O)Nc1c(C)cccc1C1(N)CC1. The van der Waals surface area contributed by atoms with Gasteiger partial charge in [-0.1, -0.05) is 18.2 Å². The lowest BCUT2D eigenvalue weighted by Gasteiger charge is -2.17. The zero-order chi connectivity index (χ0) is 11.1. The highest BCUT2D eigenvalue weighted by molar-refractivity contribution is 5.90. The second kappa shape index (κ2) is 3.35. The minimum atomic E-state index is -0.205. The minimum Gasteiger partial charge on any atom is -0.326 e. The minimum absolute atomic E-state index is 0.0465. The van der Waals surface area contributed by atoms with E-state index < -0.39 is 0 Å². The molecule has 0 aromatic heterocycles. The molecule has 1 aromatic rings. The Kier molecular flexibility index (Phi) is 2.27. The van der Waals surface area contributed by atoms with Gasteiger partial charge in [0.25, 0.3) is 0 Å². The average Bonchev–Trinajstić information content (AvgIpc) is 2.88. The monoisotopic (exact) mass is 204 g/mol. The van der Waals surface area contributed by atoms with E-state index in [9.17, 15) is 4.79 Å². The van der Waals surface area contributed by atoms with Crippen molar-refractivity contribution >= 4 is 11.6 Å². The molecule has 2 rings (SSSR count). The van der Waals surface area contributed by atoms with Crippen molar-refractivity contribution in [3.63, 3.8) is 0 Å². The standard InChI is InChI=1S/C12H16N2O/c1-8-4-3-5-10(12(13)6-7-12)11(8)14-9(2)15/h3-5H,6-7,13H2,1-2H3,(H,14,15). The highest BCUT2D eigenvalue weighted by atomic mass is 16.1. The quantitative estimate of drug-likeness (QED) is 0.773. The molecule has 80 valence electrons. The van der Waals surface area contributed by atoms with Gasteiger partial charge >= 0.3 is 0 Å². The Hall–Kier alpha value is -1.35. The normalized spacial score (nSPS) is 17.3. The lowest BCUT2D eigenvalue weighted by atomic mass is 10.00. The van der Waals surface area contributed by atoms with Crippen LogP contribution >= 0.6 is 0 Å². The van der Waals surface area contributed by atoms with E-state index in [2.05, 4.69) is 5.32 Å². The summed E-state index contributed by atoms with van der Waals surface area (Å²) in [7, 11) is 0. The van der Waals surface area contributed by atoms with Gasteiger partial charge in [0.15, 0.2) is 0 Å². The van der Waals surface area contributed by atoms with E-state index in [1.54, 1.807) is 0 Å². The Bertz CT molecular complexity index is 408. The van der Waals surface area contributed by atoms with Crippen molar-refractivity contribution in [2.45, 2.75) is 32.2 Å². The van der Waals surface area contributed by atoms with Gasteiger partial charge in [0.05, 0.1) is 0 Å². The molecule has 1 aromatic carbocycles. The van der Waals surface area contributed by atoms with E-state index in [4.69, 9.17) is 5.73 Å². The molecule has 0 atom stereocenters. The van der Waals surface area contributed by atoms with Crippen LogP contribution < -0.4 is 11.1 Å². The summed E-state index contributed by atoms with van der Waals surface area (Å²) in [6, 6.07) is 5.98. The van der Waals surface area contributed by atoms with Gasteiger partial charge in [-0.3, -0.25) is 4.79 Å². The van der Waals surface area contributed by atoms with Crippen LogP contribution in [-0.4, -0.2) is 5.91 Å². The number of rotatable bonds is 2. The topological polar surface area (TPSA) is 55.1 Å². The van der Waals surface area contributed by atoms with E-state index in [1.807, 2.05) is 25.1 Å². The van der Waals surface area contributed by atoms with E-state index in [0.29, 0.717) is 0 Å². The first-order chi connectivity index (χ1) is 7.03. The predicted molar refractivity (Wildman–Crippen MR) is 60.6 cm³/mol. The van der Waals surface area contributed by atoms with Crippen LogP contribution in [0.3, 0.4) is 0 Å². The van der Waals surface area contributed by atoms with E-state index >= 15 is 0 Å². The summed E-state index contributed by atoms with van der Waals surface area (Å²) in [6.45, 7) is 3.51. The van der Waals surface area contributed by atoms with E-state index in [1.165, 1.54) is 6.92 Å². The number of carbonyl (C=O) groups is 1. The van der Waals surface area contributed by atoms with Crippen molar-refractivity contribution in [1.29, 1.82) is 0 Å². The summed E-state index contributed by atoms with van der Waals surface area (Å²) in [5.41, 5.74) is 8.99. The van der Waals surface area contributed by atoms with Crippen molar-refractivity contribution in [1.82, 2.24) is 0 Å². The van der Waals surface area contributed by atoms with Crippen molar-refractivity contribution < 1.29 is 4.79 Å². The Morgan fingerprint density at radius 2 is 2.13 bits per heavy atom. The Morgan fingerprint density at radius 1 is 1.47 bits per heavy atom. The number of aryl methyl sites for hydroxylation is 1. The van der Waals surface area contributed by atoms with Crippen LogP contribution in [-0.2, 0) is 10.3 Å². The molecule has 0 spiro atoms. The zero-order valence-corrected chi connectivity index (χ0v) is 9.13. The van der Waals surface area contributed by atoms with Crippen molar-refractivity contribution in [2.75, 3.05) is 5.32 Å². The van der Waals surface area contributed by atoms with Crippen molar-refractivity contribution in [2.24, 2.45) is 5.73 Å². The molecular formula is C12H16N2O. The molecule has 1 fully saturated rings. The van der Waals surface area contributed by atoms with E-state index in [-0.39, 0.29) is 11.4 Å². The van der Waals surface area contributed by atoms with Crippen LogP contribution in [0.4, 0.5) is 5.69 Å². The number of nitrogens with two attached hydrogens (primary N) is 1. The van der Waals surface area contributed by atoms with Gasteiger partial charge < -0.3 is 11.1 Å². The summed E-state index contributed by atoms with van der Waals surface area (Å²) < 4.78 is 0. The fraction of sp³-hybridized carbons (Fsp3) is 0.417. The smallest absolute Gasteiger partial charge is 0.221 e. The third-order valence-electron chi connectivity index (χ3n) is 2.90. The maximum absolute atomic E-state index is 11.1. The van der Waals surface area contributed by atoms with Crippen LogP contribution in [0.1, 0.15) is 30.9 Å². The fourth-order valence-electron chi connectivity index (χ4n) is 1.83. The van der Waals surface area contributed by atoms with Crippen LogP contribution in [0.2, 0.25) is 0 Å². The molecule has 1 aliphatic carbocycles. The van der Waals surface area contributed by atoms with Crippen LogP contribution in [0.15, 0.2) is 18.2 Å². The third-order valence-corrected chi connectivity index (χ3v) is 2.90. The number of anilines is 1. The van der Waals surface area contributed by atoms with Crippen LogP contribution in [0.25, 0.3) is 0 Å². The molecule has 1 amide bonds. The predicted octanol–water partition coefficient (Wildman–Crippen LogP) is 1.90. The molecule has 15 heavy (non-hydrogen) atoms. The third kappa shape index (κ3) is 1.88. The molecular weight excluding hydrogens is 188 g/mol. The Balaban J connectivity index is 2.44. The number of amides is 1. The molecule has 0 radical (unpaired) electrons. The Labute approximate surface area is 89.7 Å². The van der Waals surface area contributed by atoms with Gasteiger partial charge in [0.1, 0.15) is 0 Å². The summed E-state index contributed by atoms with van der Waals surface area (Å²) in [5.74, 6) is -0.0465. The molecule has 0 aliphatic heterocycles. The molecule has 0 heterocycles. The highest BCUT2D eigenvalue weighted by Crippen LogP contribution is 2.46. The summed E-state index contributed by atoms with van der Waals surface area (Å²) >= 11 is 0. The summed E-state index contributed by atoms with van der Waals surface area (Å²) in [6.07, 6.45) is 2.01. The number of carbonyl (C=O) groups excluding carboxylic acids is 1. The molecule has 3 nitrogen and oxygen atoms in total. The summed E-state index contributed by atoms with van der Waals surface area (Å²) in [4.78, 5) is 11.1. The van der Waals surface area contributed by atoms with Gasteiger partial charge in [-0.05, 0) is 30.9 Å². The van der Waals surface area contributed by atoms with Gasteiger partial charge in [-0.15, -0.1) is 0 Å². The molecule has 3 heteroatoms. The van der Waals surface area contributed by atoms with Crippen LogP contribution in [0.5, 0.6) is 0 Å². The van der Waals surface area contributed by atoms with Gasteiger partial charge in [0, 0.05) is 18.2 Å². The second-order valence-electron chi connectivity index (χ2n) is 4.33. The first-order valence-electron chi connectivity index (χ1n) is 5.19. The largest absolute Gasteiger partial charge is 0.326 e. The lowest BCUT2D eigenvalue weighted by Crippen LogP contribution is -2.22. The molecule has 3 N–H and O–H groups in total. The van der Waals surface area contributed by atoms with Gasteiger partial charge in [0.2, 0.25) is 5.91 Å².